The van der Waals surface area contributed by atoms with Crippen LogP contribution in [0.4, 0.5) is 4.39 Å². The molecule has 1 atom stereocenters. The molecule has 0 bridgehead atoms. The van der Waals surface area contributed by atoms with Crippen molar-refractivity contribution in [2.24, 2.45) is 5.41 Å². The van der Waals surface area contributed by atoms with Gasteiger partial charge in [-0.2, -0.15) is 0 Å². The first-order valence-corrected chi connectivity index (χ1v) is 6.59. The maximum atomic E-state index is 13.3. The smallest absolute Gasteiger partial charge is 0.123 e. The SMILES string of the molecule is C=CC(C)(CNCCOC)Cc1cc(F)ccc1C. The van der Waals surface area contributed by atoms with Crippen molar-refractivity contribution in [3.8, 4) is 0 Å². The normalized spacial score (nSPS) is 14.1. The van der Waals surface area contributed by atoms with E-state index in [1.165, 1.54) is 6.07 Å². The molecule has 1 aromatic carbocycles. The van der Waals surface area contributed by atoms with E-state index in [4.69, 9.17) is 4.74 Å². The Morgan fingerprint density at radius 2 is 2.21 bits per heavy atom. The molecule has 0 fully saturated rings. The molecule has 1 N–H and O–H groups in total. The number of halogens is 1. The Morgan fingerprint density at radius 1 is 1.47 bits per heavy atom. The summed E-state index contributed by atoms with van der Waals surface area (Å²) in [5.41, 5.74) is 2.06. The fourth-order valence-corrected chi connectivity index (χ4v) is 2.02. The lowest BCUT2D eigenvalue weighted by Crippen LogP contribution is -2.34. The van der Waals surface area contributed by atoms with E-state index in [2.05, 4.69) is 18.8 Å². The predicted octanol–water partition coefficient (Wildman–Crippen LogP) is 3.10. The van der Waals surface area contributed by atoms with Crippen LogP contribution in [0.15, 0.2) is 30.9 Å². The summed E-state index contributed by atoms with van der Waals surface area (Å²) in [6, 6.07) is 4.94. The van der Waals surface area contributed by atoms with Gasteiger partial charge in [0.2, 0.25) is 0 Å². The Labute approximate surface area is 115 Å². The van der Waals surface area contributed by atoms with Crippen LogP contribution in [0.3, 0.4) is 0 Å². The van der Waals surface area contributed by atoms with Crippen LogP contribution in [0.2, 0.25) is 0 Å². The Hall–Kier alpha value is -1.19. The van der Waals surface area contributed by atoms with Crippen molar-refractivity contribution in [1.29, 1.82) is 0 Å². The highest BCUT2D eigenvalue weighted by Gasteiger charge is 2.21. The number of hydrogen-bond acceptors (Lipinski definition) is 2. The van der Waals surface area contributed by atoms with E-state index in [0.29, 0.717) is 6.61 Å². The van der Waals surface area contributed by atoms with Crippen molar-refractivity contribution in [1.82, 2.24) is 5.32 Å². The molecule has 0 aromatic heterocycles. The van der Waals surface area contributed by atoms with Gasteiger partial charge in [-0.15, -0.1) is 6.58 Å². The van der Waals surface area contributed by atoms with E-state index in [1.807, 2.05) is 19.1 Å². The van der Waals surface area contributed by atoms with Gasteiger partial charge in [-0.3, -0.25) is 0 Å². The number of nitrogens with one attached hydrogen (secondary N) is 1. The van der Waals surface area contributed by atoms with E-state index in [9.17, 15) is 4.39 Å². The summed E-state index contributed by atoms with van der Waals surface area (Å²) in [5, 5.41) is 3.34. The van der Waals surface area contributed by atoms with Gasteiger partial charge in [0, 0.05) is 25.6 Å². The van der Waals surface area contributed by atoms with Gasteiger partial charge >= 0.3 is 0 Å². The lowest BCUT2D eigenvalue weighted by molar-refractivity contribution is 0.195. The van der Waals surface area contributed by atoms with Crippen LogP contribution >= 0.6 is 0 Å². The third-order valence-corrected chi connectivity index (χ3v) is 3.41. The van der Waals surface area contributed by atoms with Crippen molar-refractivity contribution in [3.05, 3.63) is 47.8 Å². The Balaban J connectivity index is 2.68. The molecule has 1 rings (SSSR count). The monoisotopic (exact) mass is 265 g/mol. The minimum Gasteiger partial charge on any atom is -0.383 e. The van der Waals surface area contributed by atoms with Crippen molar-refractivity contribution in [2.75, 3.05) is 26.8 Å². The number of ether oxygens (including phenoxy) is 1. The molecular formula is C16H24FNO. The second kappa shape index (κ2) is 7.41. The molecule has 3 heteroatoms. The molecule has 0 heterocycles. The maximum absolute atomic E-state index is 13.3. The molecule has 2 nitrogen and oxygen atoms in total. The average molecular weight is 265 g/mol. The molecule has 0 aliphatic rings. The molecule has 0 aliphatic carbocycles. The summed E-state index contributed by atoms with van der Waals surface area (Å²) >= 11 is 0. The molecule has 106 valence electrons. The lowest BCUT2D eigenvalue weighted by Gasteiger charge is -2.27. The second-order valence-electron chi connectivity index (χ2n) is 5.28. The Bertz CT molecular complexity index is 419. The topological polar surface area (TPSA) is 21.3 Å². The average Bonchev–Trinajstić information content (AvgIpc) is 2.39. The molecule has 0 aliphatic heterocycles. The minimum absolute atomic E-state index is 0.0910. The molecule has 1 aromatic rings. The highest BCUT2D eigenvalue weighted by molar-refractivity contribution is 5.28. The fourth-order valence-electron chi connectivity index (χ4n) is 2.02. The summed E-state index contributed by atoms with van der Waals surface area (Å²) in [4.78, 5) is 0. The zero-order valence-corrected chi connectivity index (χ0v) is 12.1. The first kappa shape index (κ1) is 15.9. The number of rotatable bonds is 8. The first-order valence-electron chi connectivity index (χ1n) is 6.59. The van der Waals surface area contributed by atoms with Gasteiger partial charge in [0.25, 0.3) is 0 Å². The first-order chi connectivity index (χ1) is 9.00. The Morgan fingerprint density at radius 3 is 2.84 bits per heavy atom. The zero-order valence-electron chi connectivity index (χ0n) is 12.1. The summed E-state index contributed by atoms with van der Waals surface area (Å²) in [5.74, 6) is -0.181. The second-order valence-corrected chi connectivity index (χ2v) is 5.28. The summed E-state index contributed by atoms with van der Waals surface area (Å²) in [6.07, 6.45) is 2.72. The van der Waals surface area contributed by atoms with Gasteiger partial charge in [-0.25, -0.2) is 4.39 Å². The molecule has 0 radical (unpaired) electrons. The predicted molar refractivity (Wildman–Crippen MR) is 77.9 cm³/mol. The van der Waals surface area contributed by atoms with Crippen LogP contribution < -0.4 is 5.32 Å². The summed E-state index contributed by atoms with van der Waals surface area (Å²) in [6.45, 7) is 10.4. The highest BCUT2D eigenvalue weighted by Crippen LogP contribution is 2.25. The largest absolute Gasteiger partial charge is 0.383 e. The van der Waals surface area contributed by atoms with E-state index in [0.717, 1.165) is 30.6 Å². The van der Waals surface area contributed by atoms with E-state index < -0.39 is 0 Å². The third kappa shape index (κ3) is 5.13. The van der Waals surface area contributed by atoms with Crippen LogP contribution in [-0.2, 0) is 11.2 Å². The van der Waals surface area contributed by atoms with Gasteiger partial charge in [-0.1, -0.05) is 19.1 Å². The number of methoxy groups -OCH3 is 1. The van der Waals surface area contributed by atoms with E-state index >= 15 is 0 Å². The number of benzene rings is 1. The van der Waals surface area contributed by atoms with Crippen LogP contribution in [0, 0.1) is 18.2 Å². The minimum atomic E-state index is -0.181. The fraction of sp³-hybridized carbons (Fsp3) is 0.500. The van der Waals surface area contributed by atoms with Gasteiger partial charge in [0.15, 0.2) is 0 Å². The van der Waals surface area contributed by atoms with Crippen LogP contribution in [0.5, 0.6) is 0 Å². The molecular weight excluding hydrogens is 241 g/mol. The van der Waals surface area contributed by atoms with Gasteiger partial charge in [0.05, 0.1) is 6.61 Å². The number of aryl methyl sites for hydroxylation is 1. The molecule has 19 heavy (non-hydrogen) atoms. The van der Waals surface area contributed by atoms with Gasteiger partial charge in [0.1, 0.15) is 5.82 Å². The zero-order chi connectivity index (χ0) is 14.3. The van der Waals surface area contributed by atoms with Crippen LogP contribution in [0.1, 0.15) is 18.1 Å². The van der Waals surface area contributed by atoms with Gasteiger partial charge in [-0.05, 0) is 36.6 Å². The third-order valence-electron chi connectivity index (χ3n) is 3.41. The molecule has 0 saturated carbocycles. The van der Waals surface area contributed by atoms with E-state index in [-0.39, 0.29) is 11.2 Å². The number of hydrogen-bond donors (Lipinski definition) is 1. The lowest BCUT2D eigenvalue weighted by atomic mass is 9.82. The molecule has 1 unspecified atom stereocenters. The Kier molecular flexibility index (Phi) is 6.19. The van der Waals surface area contributed by atoms with Crippen molar-refractivity contribution < 1.29 is 9.13 Å². The van der Waals surface area contributed by atoms with Crippen LogP contribution in [0.25, 0.3) is 0 Å². The summed E-state index contributed by atoms with van der Waals surface area (Å²) in [7, 11) is 1.69. The molecule has 0 saturated heterocycles. The van der Waals surface area contributed by atoms with Crippen molar-refractivity contribution in [2.45, 2.75) is 20.3 Å². The van der Waals surface area contributed by atoms with Crippen molar-refractivity contribution >= 4 is 0 Å². The van der Waals surface area contributed by atoms with Crippen LogP contribution in [-0.4, -0.2) is 26.8 Å². The van der Waals surface area contributed by atoms with Crippen molar-refractivity contribution in [3.63, 3.8) is 0 Å². The highest BCUT2D eigenvalue weighted by atomic mass is 19.1. The quantitative estimate of drug-likeness (QED) is 0.576. The maximum Gasteiger partial charge on any atom is 0.123 e. The standard InChI is InChI=1S/C16H24FNO/c1-5-16(3,12-18-8-9-19-4)11-14-10-15(17)7-6-13(14)2/h5-7,10,18H,1,8-9,11-12H2,2-4H3. The molecule has 0 amide bonds. The molecule has 0 spiro atoms. The summed E-state index contributed by atoms with van der Waals surface area (Å²) < 4.78 is 18.3. The van der Waals surface area contributed by atoms with Gasteiger partial charge < -0.3 is 10.1 Å². The van der Waals surface area contributed by atoms with E-state index in [1.54, 1.807) is 13.2 Å².